The summed E-state index contributed by atoms with van der Waals surface area (Å²) in [5.41, 5.74) is 1.04. The molecule has 0 aliphatic rings. The van der Waals surface area contributed by atoms with E-state index in [1.165, 1.54) is 12.5 Å². The summed E-state index contributed by atoms with van der Waals surface area (Å²) in [5.74, 6) is 0. The third kappa shape index (κ3) is 4.43. The van der Waals surface area contributed by atoms with E-state index in [0.717, 1.165) is 17.7 Å². The maximum Gasteiger partial charge on any atom is 0.416 e. The van der Waals surface area contributed by atoms with Crippen LogP contribution in [0, 0.1) is 0 Å². The van der Waals surface area contributed by atoms with Crippen molar-refractivity contribution in [2.45, 2.75) is 26.9 Å². The normalized spacial score (nSPS) is 11.7. The SMILES string of the molecule is CCOC=NC(=C(C)C)c1cccc(C(F)(F)F)c1. The summed E-state index contributed by atoms with van der Waals surface area (Å²) in [6.45, 7) is 5.85. The van der Waals surface area contributed by atoms with E-state index < -0.39 is 11.7 Å². The Morgan fingerprint density at radius 3 is 2.53 bits per heavy atom. The minimum Gasteiger partial charge on any atom is -0.483 e. The Kier molecular flexibility index (Phi) is 5.15. The van der Waals surface area contributed by atoms with Gasteiger partial charge in [0.2, 0.25) is 0 Å². The van der Waals surface area contributed by atoms with Gasteiger partial charge >= 0.3 is 6.18 Å². The molecule has 0 aliphatic carbocycles. The predicted molar refractivity (Wildman–Crippen MR) is 69.8 cm³/mol. The van der Waals surface area contributed by atoms with E-state index >= 15 is 0 Å². The molecule has 0 N–H and O–H groups in total. The molecule has 0 saturated heterocycles. The number of aliphatic imine (C=N–C) groups is 1. The lowest BCUT2D eigenvalue weighted by Crippen LogP contribution is -2.05. The molecule has 0 aromatic heterocycles. The second-order valence-corrected chi connectivity index (χ2v) is 4.12. The van der Waals surface area contributed by atoms with Crippen LogP contribution in [0.1, 0.15) is 31.9 Å². The summed E-state index contributed by atoms with van der Waals surface area (Å²) in [6.07, 6.45) is -3.10. The summed E-state index contributed by atoms with van der Waals surface area (Å²) in [5, 5.41) is 0. The Balaban J connectivity index is 3.16. The maximum atomic E-state index is 12.7. The van der Waals surface area contributed by atoms with Crippen LogP contribution in [0.4, 0.5) is 13.2 Å². The summed E-state index contributed by atoms with van der Waals surface area (Å²) >= 11 is 0. The molecule has 0 unspecified atom stereocenters. The van der Waals surface area contributed by atoms with Gasteiger partial charge < -0.3 is 4.74 Å². The molecule has 2 nitrogen and oxygen atoms in total. The quantitative estimate of drug-likeness (QED) is 0.582. The van der Waals surface area contributed by atoms with Gasteiger partial charge in [0.1, 0.15) is 0 Å². The largest absolute Gasteiger partial charge is 0.483 e. The van der Waals surface area contributed by atoms with Crippen molar-refractivity contribution in [2.24, 2.45) is 4.99 Å². The highest BCUT2D eigenvalue weighted by atomic mass is 19.4. The fourth-order valence-corrected chi connectivity index (χ4v) is 1.50. The van der Waals surface area contributed by atoms with Crippen LogP contribution in [0.15, 0.2) is 34.8 Å². The van der Waals surface area contributed by atoms with Crippen molar-refractivity contribution in [3.05, 3.63) is 41.0 Å². The Labute approximate surface area is 110 Å². The second kappa shape index (κ2) is 6.41. The molecular weight excluding hydrogens is 255 g/mol. The second-order valence-electron chi connectivity index (χ2n) is 4.12. The Morgan fingerprint density at radius 2 is 2.00 bits per heavy atom. The van der Waals surface area contributed by atoms with Crippen LogP contribution in [-0.4, -0.2) is 13.0 Å². The molecule has 0 radical (unpaired) electrons. The third-order valence-electron chi connectivity index (χ3n) is 2.36. The van der Waals surface area contributed by atoms with E-state index in [9.17, 15) is 13.2 Å². The van der Waals surface area contributed by atoms with Gasteiger partial charge in [0.25, 0.3) is 0 Å². The Morgan fingerprint density at radius 1 is 1.32 bits per heavy atom. The van der Waals surface area contributed by atoms with Gasteiger partial charge in [-0.15, -0.1) is 0 Å². The molecule has 0 bridgehead atoms. The highest BCUT2D eigenvalue weighted by Gasteiger charge is 2.30. The fraction of sp³-hybridized carbons (Fsp3) is 0.357. The molecule has 0 fully saturated rings. The van der Waals surface area contributed by atoms with Gasteiger partial charge in [-0.25, -0.2) is 4.99 Å². The third-order valence-corrected chi connectivity index (χ3v) is 2.36. The zero-order valence-corrected chi connectivity index (χ0v) is 11.1. The van der Waals surface area contributed by atoms with E-state index in [2.05, 4.69) is 4.99 Å². The average molecular weight is 271 g/mol. The van der Waals surface area contributed by atoms with Crippen molar-refractivity contribution in [3.63, 3.8) is 0 Å². The first-order valence-electron chi connectivity index (χ1n) is 5.85. The van der Waals surface area contributed by atoms with Gasteiger partial charge in [0.15, 0.2) is 6.40 Å². The Bertz CT molecular complexity index is 486. The van der Waals surface area contributed by atoms with Gasteiger partial charge in [-0.3, -0.25) is 0 Å². The van der Waals surface area contributed by atoms with Crippen molar-refractivity contribution >= 4 is 12.1 Å². The predicted octanol–water partition coefficient (Wildman–Crippen LogP) is 4.52. The minimum absolute atomic E-state index is 0.422. The van der Waals surface area contributed by atoms with Crippen LogP contribution < -0.4 is 0 Å². The summed E-state index contributed by atoms with van der Waals surface area (Å²) in [6, 6.07) is 5.10. The number of halogens is 3. The first kappa shape index (κ1) is 15.3. The lowest BCUT2D eigenvalue weighted by molar-refractivity contribution is -0.137. The van der Waals surface area contributed by atoms with Crippen LogP contribution in [0.5, 0.6) is 0 Å². The molecule has 0 heterocycles. The smallest absolute Gasteiger partial charge is 0.416 e. The molecule has 0 spiro atoms. The van der Waals surface area contributed by atoms with Gasteiger partial charge in [0.05, 0.1) is 17.9 Å². The number of ether oxygens (including phenoxy) is 1. The number of hydrogen-bond donors (Lipinski definition) is 0. The van der Waals surface area contributed by atoms with Gasteiger partial charge in [-0.1, -0.05) is 12.1 Å². The molecule has 104 valence electrons. The molecule has 0 saturated carbocycles. The van der Waals surface area contributed by atoms with Crippen LogP contribution in [-0.2, 0) is 10.9 Å². The molecule has 5 heteroatoms. The average Bonchev–Trinajstić information content (AvgIpc) is 2.33. The molecule has 0 amide bonds. The number of allylic oxidation sites excluding steroid dienone is 1. The minimum atomic E-state index is -4.35. The molecule has 1 rings (SSSR count). The Hall–Kier alpha value is -1.78. The van der Waals surface area contributed by atoms with Crippen LogP contribution >= 0.6 is 0 Å². The highest BCUT2D eigenvalue weighted by molar-refractivity contribution is 5.73. The van der Waals surface area contributed by atoms with Gasteiger partial charge in [-0.05, 0) is 38.5 Å². The topological polar surface area (TPSA) is 21.6 Å². The van der Waals surface area contributed by atoms with E-state index in [0.29, 0.717) is 17.9 Å². The molecule has 19 heavy (non-hydrogen) atoms. The molecule has 0 atom stereocenters. The van der Waals surface area contributed by atoms with Crippen molar-refractivity contribution in [3.8, 4) is 0 Å². The van der Waals surface area contributed by atoms with Crippen molar-refractivity contribution < 1.29 is 17.9 Å². The number of nitrogens with zero attached hydrogens (tertiary/aromatic N) is 1. The van der Waals surface area contributed by atoms with Crippen LogP contribution in [0.25, 0.3) is 5.70 Å². The van der Waals surface area contributed by atoms with E-state index in [4.69, 9.17) is 4.74 Å². The maximum absolute atomic E-state index is 12.7. The van der Waals surface area contributed by atoms with Gasteiger partial charge in [-0.2, -0.15) is 13.2 Å². The molecular formula is C14H16F3NO. The monoisotopic (exact) mass is 271 g/mol. The number of hydrogen-bond acceptors (Lipinski definition) is 2. The van der Waals surface area contributed by atoms with Crippen molar-refractivity contribution in [2.75, 3.05) is 6.61 Å². The summed E-state index contributed by atoms with van der Waals surface area (Å²) in [4.78, 5) is 4.07. The van der Waals surface area contributed by atoms with Crippen molar-refractivity contribution in [1.29, 1.82) is 0 Å². The zero-order chi connectivity index (χ0) is 14.5. The lowest BCUT2D eigenvalue weighted by Gasteiger charge is -2.10. The first-order valence-corrected chi connectivity index (χ1v) is 5.85. The molecule has 0 aliphatic heterocycles. The molecule has 1 aromatic carbocycles. The number of benzene rings is 1. The first-order chi connectivity index (χ1) is 8.86. The van der Waals surface area contributed by atoms with E-state index in [1.807, 2.05) is 0 Å². The lowest BCUT2D eigenvalue weighted by atomic mass is 10.1. The summed E-state index contributed by atoms with van der Waals surface area (Å²) < 4.78 is 43.0. The van der Waals surface area contributed by atoms with Crippen LogP contribution in [0.2, 0.25) is 0 Å². The standard InChI is InChI=1S/C14H16F3NO/c1-4-19-9-18-13(10(2)3)11-6-5-7-12(8-11)14(15,16)17/h5-9H,4H2,1-3H3. The van der Waals surface area contributed by atoms with E-state index in [-0.39, 0.29) is 0 Å². The fourth-order valence-electron chi connectivity index (χ4n) is 1.50. The number of rotatable bonds is 4. The van der Waals surface area contributed by atoms with Gasteiger partial charge in [0, 0.05) is 5.56 Å². The summed E-state index contributed by atoms with van der Waals surface area (Å²) in [7, 11) is 0. The molecule has 1 aromatic rings. The number of alkyl halides is 3. The van der Waals surface area contributed by atoms with E-state index in [1.54, 1.807) is 26.8 Å². The van der Waals surface area contributed by atoms with Crippen molar-refractivity contribution in [1.82, 2.24) is 0 Å². The highest BCUT2D eigenvalue weighted by Crippen LogP contribution is 2.31. The van der Waals surface area contributed by atoms with Crippen LogP contribution in [0.3, 0.4) is 0 Å². The zero-order valence-electron chi connectivity index (χ0n) is 11.1.